The Morgan fingerprint density at radius 2 is 1.52 bits per heavy atom. The van der Waals surface area contributed by atoms with Gasteiger partial charge in [0.15, 0.2) is 29.1 Å². The topological polar surface area (TPSA) is 118 Å². The highest BCUT2D eigenvalue weighted by molar-refractivity contribution is 5.56. The molecule has 2 aromatic carbocycles. The molecule has 0 bridgehead atoms. The molecule has 2 atom stereocenters. The monoisotopic (exact) mass is 406 g/mol. The number of phenolic OH excluding ortho intramolecular Hbond substituents is 1. The fourth-order valence-electron chi connectivity index (χ4n) is 2.74. The first-order valence-corrected chi connectivity index (χ1v) is 8.84. The van der Waals surface area contributed by atoms with Crippen LogP contribution in [0.4, 0.5) is 0 Å². The molecule has 29 heavy (non-hydrogen) atoms. The predicted molar refractivity (Wildman–Crippen MR) is 107 cm³/mol. The fourth-order valence-corrected chi connectivity index (χ4v) is 2.74. The van der Waals surface area contributed by atoms with Crippen LogP contribution in [0.5, 0.6) is 28.7 Å². The molecule has 0 fully saturated rings. The standard InChI is InChI=1S/C21H26O8/c1-26-16-9-13(5-4-8-22)6-7-15(16)29-19(12-23)20(24)14-10-17(27-2)21(25)18(11-14)28-3/h4-7,9-11,19-20,22-25H,8,12H2,1-3H3/b5-4+/t19-,20+/m1/s1. The van der Waals surface area contributed by atoms with Gasteiger partial charge in [-0.15, -0.1) is 0 Å². The summed E-state index contributed by atoms with van der Waals surface area (Å²) in [6.07, 6.45) is 1.03. The highest BCUT2D eigenvalue weighted by Crippen LogP contribution is 2.40. The molecule has 158 valence electrons. The molecule has 4 N–H and O–H groups in total. The zero-order chi connectivity index (χ0) is 21.4. The molecule has 0 aromatic heterocycles. The van der Waals surface area contributed by atoms with E-state index in [-0.39, 0.29) is 23.9 Å². The van der Waals surface area contributed by atoms with Gasteiger partial charge in [-0.3, -0.25) is 0 Å². The number of phenols is 1. The summed E-state index contributed by atoms with van der Waals surface area (Å²) in [5.41, 5.74) is 1.12. The van der Waals surface area contributed by atoms with Gasteiger partial charge in [-0.25, -0.2) is 0 Å². The van der Waals surface area contributed by atoms with Crippen molar-refractivity contribution in [3.8, 4) is 28.7 Å². The Balaban J connectivity index is 2.31. The molecular weight excluding hydrogens is 380 g/mol. The van der Waals surface area contributed by atoms with E-state index in [9.17, 15) is 15.3 Å². The van der Waals surface area contributed by atoms with Gasteiger partial charge in [0.05, 0.1) is 34.5 Å². The SMILES string of the molecule is COc1cc(/C=C/CO)ccc1O[C@H](CO)[C@@H](O)c1cc(OC)c(O)c(OC)c1. The van der Waals surface area contributed by atoms with Crippen LogP contribution in [-0.2, 0) is 0 Å². The lowest BCUT2D eigenvalue weighted by Crippen LogP contribution is -2.29. The average Bonchev–Trinajstić information content (AvgIpc) is 2.75. The van der Waals surface area contributed by atoms with Crippen LogP contribution in [0.1, 0.15) is 17.2 Å². The van der Waals surface area contributed by atoms with Gasteiger partial charge >= 0.3 is 0 Å². The maximum absolute atomic E-state index is 10.7. The number of aromatic hydroxyl groups is 1. The van der Waals surface area contributed by atoms with Crippen molar-refractivity contribution in [2.24, 2.45) is 0 Å². The molecule has 0 spiro atoms. The molecule has 0 unspecified atom stereocenters. The molecule has 2 rings (SSSR count). The van der Waals surface area contributed by atoms with Crippen molar-refractivity contribution in [1.82, 2.24) is 0 Å². The maximum atomic E-state index is 10.7. The van der Waals surface area contributed by atoms with Crippen LogP contribution in [0.3, 0.4) is 0 Å². The van der Waals surface area contributed by atoms with Crippen molar-refractivity contribution in [3.05, 3.63) is 47.5 Å². The van der Waals surface area contributed by atoms with Crippen LogP contribution in [0.25, 0.3) is 6.08 Å². The third-order valence-electron chi connectivity index (χ3n) is 4.26. The number of hydrogen-bond donors (Lipinski definition) is 4. The lowest BCUT2D eigenvalue weighted by Gasteiger charge is -2.24. The molecule has 2 aromatic rings. The molecule has 0 aliphatic carbocycles. The van der Waals surface area contributed by atoms with E-state index in [1.54, 1.807) is 30.4 Å². The minimum atomic E-state index is -1.25. The summed E-state index contributed by atoms with van der Waals surface area (Å²) < 4.78 is 21.3. The van der Waals surface area contributed by atoms with Crippen LogP contribution in [-0.4, -0.2) is 61.1 Å². The van der Waals surface area contributed by atoms with Crippen LogP contribution < -0.4 is 18.9 Å². The Morgan fingerprint density at radius 3 is 2.03 bits per heavy atom. The zero-order valence-electron chi connectivity index (χ0n) is 16.5. The van der Waals surface area contributed by atoms with E-state index in [4.69, 9.17) is 24.1 Å². The van der Waals surface area contributed by atoms with Gasteiger partial charge in [-0.05, 0) is 35.4 Å². The van der Waals surface area contributed by atoms with Crippen molar-refractivity contribution in [1.29, 1.82) is 0 Å². The Morgan fingerprint density at radius 1 is 0.897 bits per heavy atom. The van der Waals surface area contributed by atoms with Gasteiger partial charge in [0.25, 0.3) is 0 Å². The van der Waals surface area contributed by atoms with Gasteiger partial charge in [0.2, 0.25) is 5.75 Å². The van der Waals surface area contributed by atoms with E-state index in [0.29, 0.717) is 17.1 Å². The molecule has 0 saturated heterocycles. The van der Waals surface area contributed by atoms with E-state index in [0.717, 1.165) is 5.56 Å². The summed E-state index contributed by atoms with van der Waals surface area (Å²) in [6, 6.07) is 7.97. The molecule has 0 saturated carbocycles. The molecule has 8 nitrogen and oxygen atoms in total. The Bertz CT molecular complexity index is 808. The van der Waals surface area contributed by atoms with Crippen molar-refractivity contribution in [2.45, 2.75) is 12.2 Å². The van der Waals surface area contributed by atoms with Crippen LogP contribution in [0.15, 0.2) is 36.4 Å². The van der Waals surface area contributed by atoms with Crippen molar-refractivity contribution >= 4 is 6.08 Å². The van der Waals surface area contributed by atoms with E-state index < -0.39 is 18.8 Å². The Kier molecular flexibility index (Phi) is 8.14. The van der Waals surface area contributed by atoms with Crippen LogP contribution in [0, 0.1) is 0 Å². The second kappa shape index (κ2) is 10.6. The van der Waals surface area contributed by atoms with E-state index in [1.165, 1.54) is 33.5 Å². The van der Waals surface area contributed by atoms with Gasteiger partial charge in [0, 0.05) is 0 Å². The first kappa shape index (κ1) is 22.4. The van der Waals surface area contributed by atoms with Crippen molar-refractivity contribution in [3.63, 3.8) is 0 Å². The van der Waals surface area contributed by atoms with Gasteiger partial charge in [-0.1, -0.05) is 18.2 Å². The molecule has 8 heteroatoms. The second-order valence-corrected chi connectivity index (χ2v) is 6.05. The number of ether oxygens (including phenoxy) is 4. The second-order valence-electron chi connectivity index (χ2n) is 6.05. The Labute approximate surface area is 169 Å². The number of methoxy groups -OCH3 is 3. The van der Waals surface area contributed by atoms with Crippen molar-refractivity contribution < 1.29 is 39.4 Å². The normalized spacial score (nSPS) is 13.2. The third-order valence-corrected chi connectivity index (χ3v) is 4.26. The molecule has 0 radical (unpaired) electrons. The number of aliphatic hydroxyl groups excluding tert-OH is 3. The molecule has 0 amide bonds. The highest BCUT2D eigenvalue weighted by atomic mass is 16.5. The third kappa shape index (κ3) is 5.32. The summed E-state index contributed by atoms with van der Waals surface area (Å²) in [6.45, 7) is -0.569. The number of hydrogen-bond acceptors (Lipinski definition) is 8. The minimum Gasteiger partial charge on any atom is -0.502 e. The van der Waals surface area contributed by atoms with Crippen molar-refractivity contribution in [2.75, 3.05) is 34.5 Å². The predicted octanol–water partition coefficient (Wildman–Crippen LogP) is 1.90. The number of rotatable bonds is 10. The quantitative estimate of drug-likeness (QED) is 0.473. The average molecular weight is 406 g/mol. The molecule has 0 heterocycles. The van der Waals surface area contributed by atoms with Crippen LogP contribution >= 0.6 is 0 Å². The number of aliphatic hydroxyl groups is 3. The van der Waals surface area contributed by atoms with E-state index in [1.807, 2.05) is 0 Å². The highest BCUT2D eigenvalue weighted by Gasteiger charge is 2.26. The summed E-state index contributed by atoms with van der Waals surface area (Å²) in [4.78, 5) is 0. The summed E-state index contributed by atoms with van der Waals surface area (Å²) in [5.74, 6) is 0.766. The zero-order valence-corrected chi connectivity index (χ0v) is 16.5. The lowest BCUT2D eigenvalue weighted by atomic mass is 10.0. The summed E-state index contributed by atoms with van der Waals surface area (Å²) in [5, 5.41) is 39.5. The van der Waals surface area contributed by atoms with E-state index >= 15 is 0 Å². The molecule has 0 aliphatic rings. The summed E-state index contributed by atoms with van der Waals surface area (Å²) in [7, 11) is 4.23. The first-order valence-electron chi connectivity index (χ1n) is 8.84. The lowest BCUT2D eigenvalue weighted by molar-refractivity contribution is -0.000613. The molecule has 0 aliphatic heterocycles. The maximum Gasteiger partial charge on any atom is 0.200 e. The number of benzene rings is 2. The van der Waals surface area contributed by atoms with Gasteiger partial charge < -0.3 is 39.4 Å². The smallest absolute Gasteiger partial charge is 0.200 e. The fraction of sp³-hybridized carbons (Fsp3) is 0.333. The summed E-state index contributed by atoms with van der Waals surface area (Å²) >= 11 is 0. The molecular formula is C21H26O8. The largest absolute Gasteiger partial charge is 0.502 e. The van der Waals surface area contributed by atoms with Gasteiger partial charge in [0.1, 0.15) is 6.10 Å². The van der Waals surface area contributed by atoms with Gasteiger partial charge in [-0.2, -0.15) is 0 Å². The Hall–Kier alpha value is -2.94. The first-order chi connectivity index (χ1) is 14.0. The minimum absolute atomic E-state index is 0.0844. The van der Waals surface area contributed by atoms with Crippen LogP contribution in [0.2, 0.25) is 0 Å². The van der Waals surface area contributed by atoms with E-state index in [2.05, 4.69) is 0 Å².